The van der Waals surface area contributed by atoms with Gasteiger partial charge >= 0.3 is 128 Å². The van der Waals surface area contributed by atoms with E-state index in [0.29, 0.717) is 22.4 Å². The van der Waals surface area contributed by atoms with Crippen LogP contribution in [-0.2, 0) is 32.9 Å². The third kappa shape index (κ3) is 8.49. The molecule has 4 nitrogen and oxygen atoms in total. The Bertz CT molecular complexity index is 2230. The van der Waals surface area contributed by atoms with Crippen LogP contribution < -0.4 is 4.40 Å². The van der Waals surface area contributed by atoms with Crippen molar-refractivity contribution >= 4 is 39.7 Å². The van der Waals surface area contributed by atoms with Crippen molar-refractivity contribution in [3.63, 3.8) is 0 Å². The van der Waals surface area contributed by atoms with Gasteiger partial charge in [-0.2, -0.15) is 0 Å². The Hall–Kier alpha value is -3.12. The van der Waals surface area contributed by atoms with Gasteiger partial charge in [-0.25, -0.2) is 4.98 Å². The number of aromatic nitrogens is 3. The molecule has 0 unspecified atom stereocenters. The van der Waals surface area contributed by atoms with Gasteiger partial charge in [0.25, 0.3) is 0 Å². The molecule has 245 valence electrons. The van der Waals surface area contributed by atoms with E-state index >= 15 is 0 Å². The molecular weight excluding hydrogens is 815 g/mol. The number of rotatable bonds is 7. The van der Waals surface area contributed by atoms with Crippen LogP contribution >= 0.6 is 0 Å². The molecule has 0 atom stereocenters. The minimum absolute atomic E-state index is 0. The molecule has 0 bridgehead atoms. The van der Waals surface area contributed by atoms with Crippen LogP contribution in [0.15, 0.2) is 83.5 Å². The molecule has 2 aromatic carbocycles. The first-order chi connectivity index (χ1) is 24.9. The number of pyridine rings is 3. The maximum absolute atomic E-state index is 8.70. The molecule has 1 radical (unpaired) electrons. The Morgan fingerprint density at radius 2 is 1.79 bits per heavy atom. The summed E-state index contributed by atoms with van der Waals surface area (Å²) in [6.07, 6.45) is 4.69. The third-order valence-electron chi connectivity index (χ3n) is 8.18. The van der Waals surface area contributed by atoms with Crippen molar-refractivity contribution in [3.05, 3.63) is 108 Å². The SMILES string of the molecule is [2H]C([2H])([2H])c1ccc2c(n1)oc1c(-c3cc(C([2H])([2H])C4CCCC4)ccn3)[c-]ccc12.[2H]C([2H])(c1cc(-c2[c-]cccc2)nc[c]1[Ge]([CH3])([CH3])[CH3])C(C)C.[Ir]. The normalized spacial score (nSPS) is 16.6. The minimum Gasteiger partial charge on any atom is 0 e. The zero-order chi connectivity index (χ0) is 38.3. The second kappa shape index (κ2) is 15.4. The van der Waals surface area contributed by atoms with Crippen LogP contribution in [0.4, 0.5) is 0 Å². The largest absolute Gasteiger partial charge is 0 e. The third-order valence-corrected chi connectivity index (χ3v) is 12.4. The van der Waals surface area contributed by atoms with Gasteiger partial charge < -0.3 is 9.40 Å². The van der Waals surface area contributed by atoms with Gasteiger partial charge in [0.2, 0.25) is 5.71 Å². The van der Waals surface area contributed by atoms with Gasteiger partial charge in [0.15, 0.2) is 0 Å². The summed E-state index contributed by atoms with van der Waals surface area (Å²) in [6.45, 7) is 1.56. The van der Waals surface area contributed by atoms with Crippen molar-refractivity contribution in [2.24, 2.45) is 11.8 Å². The van der Waals surface area contributed by atoms with Gasteiger partial charge in [-0.05, 0) is 43.0 Å². The van der Waals surface area contributed by atoms with Crippen molar-refractivity contribution < 1.29 is 34.1 Å². The van der Waals surface area contributed by atoms with E-state index in [0.717, 1.165) is 57.7 Å². The molecule has 1 saturated carbocycles. The quantitative estimate of drug-likeness (QED) is 0.119. The summed E-state index contributed by atoms with van der Waals surface area (Å²) in [5, 5.41) is 1.51. The minimum atomic E-state index is -2.32. The molecule has 6 heteroatoms. The molecule has 0 amide bonds. The van der Waals surface area contributed by atoms with Crippen LogP contribution in [0.5, 0.6) is 0 Å². The first-order valence-electron chi connectivity index (χ1n) is 19.6. The van der Waals surface area contributed by atoms with Crippen molar-refractivity contribution in [1.29, 1.82) is 0 Å². The van der Waals surface area contributed by atoms with Gasteiger partial charge in [-0.3, -0.25) is 0 Å². The van der Waals surface area contributed by atoms with Gasteiger partial charge in [0.1, 0.15) is 0 Å². The zero-order valence-electron chi connectivity index (χ0n) is 34.6. The summed E-state index contributed by atoms with van der Waals surface area (Å²) in [4.78, 5) is 13.3. The smallest absolute Gasteiger partial charge is 0 e. The molecule has 0 N–H and O–H groups in total. The van der Waals surface area contributed by atoms with Gasteiger partial charge in [-0.15, -0.1) is 18.2 Å². The fraction of sp³-hybridized carbons (Fsp3) is 0.341. The maximum atomic E-state index is 8.70. The second-order valence-electron chi connectivity index (χ2n) is 13.2. The fourth-order valence-electron chi connectivity index (χ4n) is 5.96. The molecule has 0 saturated heterocycles. The summed E-state index contributed by atoms with van der Waals surface area (Å²) >= 11 is -2.20. The Labute approximate surface area is 306 Å². The first kappa shape index (κ1) is 26.8. The Morgan fingerprint density at radius 3 is 2.51 bits per heavy atom. The van der Waals surface area contributed by atoms with E-state index in [2.05, 4.69) is 44.4 Å². The van der Waals surface area contributed by atoms with Crippen molar-refractivity contribution in [3.8, 4) is 22.5 Å². The maximum Gasteiger partial charge on any atom is 0 e. The van der Waals surface area contributed by atoms with Crippen molar-refractivity contribution in [1.82, 2.24) is 15.0 Å². The predicted molar refractivity (Wildman–Crippen MR) is 194 cm³/mol. The van der Waals surface area contributed by atoms with Crippen molar-refractivity contribution in [2.75, 3.05) is 0 Å². The number of hydrogen-bond donors (Lipinski definition) is 0. The molecule has 0 aliphatic heterocycles. The van der Waals surface area contributed by atoms with Crippen LogP contribution in [0.3, 0.4) is 0 Å². The molecule has 6 aromatic rings. The molecule has 1 fully saturated rings. The molecule has 4 heterocycles. The van der Waals surface area contributed by atoms with E-state index in [9.17, 15) is 0 Å². The summed E-state index contributed by atoms with van der Waals surface area (Å²) in [5.74, 6) is 6.78. The number of benzene rings is 2. The molecule has 0 spiro atoms. The van der Waals surface area contributed by atoms with Crippen LogP contribution in [0.1, 0.15) is 65.9 Å². The van der Waals surface area contributed by atoms with E-state index in [1.807, 2.05) is 56.4 Å². The molecule has 47 heavy (non-hydrogen) atoms. The van der Waals surface area contributed by atoms with Crippen LogP contribution in [0.2, 0.25) is 17.3 Å². The van der Waals surface area contributed by atoms with Gasteiger partial charge in [0.05, 0.1) is 5.58 Å². The molecule has 1 aliphatic carbocycles. The van der Waals surface area contributed by atoms with Crippen molar-refractivity contribution in [2.45, 2.75) is 76.4 Å². The molecular formula is C41H45GeIrN3O-2. The van der Waals surface area contributed by atoms with Crippen LogP contribution in [0.25, 0.3) is 44.6 Å². The second-order valence-corrected chi connectivity index (χ2v) is 23.8. The Morgan fingerprint density at radius 1 is 0.957 bits per heavy atom. The number of furan rings is 1. The predicted octanol–water partition coefficient (Wildman–Crippen LogP) is 10.2. The summed E-state index contributed by atoms with van der Waals surface area (Å²) in [6, 6.07) is 26.3. The van der Waals surface area contributed by atoms with Crippen LogP contribution in [-0.4, -0.2) is 28.2 Å². The topological polar surface area (TPSA) is 51.8 Å². The summed E-state index contributed by atoms with van der Waals surface area (Å²) in [7, 11) is 0. The van der Waals surface area contributed by atoms with E-state index in [1.165, 1.54) is 6.07 Å². The average Bonchev–Trinajstić information content (AvgIpc) is 3.80. The number of aryl methyl sites for hydroxylation is 1. The molecule has 7 rings (SSSR count). The summed E-state index contributed by atoms with van der Waals surface area (Å²) < 4.78 is 64.4. The summed E-state index contributed by atoms with van der Waals surface area (Å²) in [5.41, 5.74) is 5.06. The fourth-order valence-corrected chi connectivity index (χ4v) is 8.90. The number of fused-ring (bicyclic) bond motifs is 3. The Balaban J connectivity index is 0.000000217. The van der Waals surface area contributed by atoms with E-state index in [4.69, 9.17) is 14.0 Å². The van der Waals surface area contributed by atoms with E-state index < -0.39 is 32.9 Å². The molecule has 1 aliphatic rings. The zero-order valence-corrected chi connectivity index (χ0v) is 32.1. The van der Waals surface area contributed by atoms with Gasteiger partial charge in [0, 0.05) is 44.2 Å². The first-order valence-corrected chi connectivity index (χ1v) is 23.4. The van der Waals surface area contributed by atoms with E-state index in [-0.39, 0.29) is 43.3 Å². The van der Waals surface area contributed by atoms with Gasteiger partial charge in [-0.1, -0.05) is 48.3 Å². The monoisotopic (exact) mass is 869 g/mol. The van der Waals surface area contributed by atoms with E-state index in [1.54, 1.807) is 30.5 Å². The number of nitrogens with zero attached hydrogens (tertiary/aromatic N) is 3. The number of hydrogen-bond acceptors (Lipinski definition) is 4. The standard InChI is InChI=1S/C23H21N2O.C18H24GeN.Ir/c1-15-9-10-19-18-7-4-8-20(22(18)26-23(19)25-15)21-14-17(11-12-24-21)13-16-5-2-3-6-16;1-14(2)11-16-12-18(15-9-7-6-8-10-15)20-13-17(16)19(3,4)5;/h4,7,9-12,14,16H,2-3,5-6,13H2,1H3;6-9,12-14H,11H2,1-5H3;/q2*-1;/i1D3,13D2;11D2;. The molecule has 4 aromatic heterocycles. The van der Waals surface area contributed by atoms with Crippen LogP contribution in [0, 0.1) is 30.8 Å². The average molecular weight is 868 g/mol. The Kier molecular flexibility index (Phi) is 8.78.